The largest absolute Gasteiger partial charge is 0.480 e. The summed E-state index contributed by atoms with van der Waals surface area (Å²) < 4.78 is 5.58. The summed E-state index contributed by atoms with van der Waals surface area (Å²) in [6.07, 6.45) is 1.58. The number of amides is 2. The number of aliphatic carboxylic acids is 1. The number of carbonyl (C=O) groups is 3. The summed E-state index contributed by atoms with van der Waals surface area (Å²) in [5.41, 5.74) is 4.66. The Balaban J connectivity index is 1.30. The van der Waals surface area contributed by atoms with Crippen molar-refractivity contribution < 1.29 is 24.2 Å². The zero-order valence-electron chi connectivity index (χ0n) is 18.0. The molecule has 2 aromatic rings. The Bertz CT molecular complexity index is 975. The van der Waals surface area contributed by atoms with E-state index in [1.54, 1.807) is 6.92 Å². The number of rotatable bonds is 7. The molecule has 0 saturated heterocycles. The zero-order chi connectivity index (χ0) is 22.7. The van der Waals surface area contributed by atoms with Crippen LogP contribution in [0.25, 0.3) is 11.1 Å². The van der Waals surface area contributed by atoms with E-state index in [2.05, 4.69) is 34.9 Å². The van der Waals surface area contributed by atoms with Crippen molar-refractivity contribution in [1.82, 2.24) is 10.6 Å². The van der Waals surface area contributed by atoms with Crippen LogP contribution in [0.2, 0.25) is 0 Å². The van der Waals surface area contributed by atoms with Crippen LogP contribution in [-0.2, 0) is 14.3 Å². The van der Waals surface area contributed by atoms with Crippen LogP contribution in [0.5, 0.6) is 0 Å². The molecule has 1 saturated carbocycles. The molecule has 7 nitrogen and oxygen atoms in total. The zero-order valence-corrected chi connectivity index (χ0v) is 18.0. The monoisotopic (exact) mass is 436 g/mol. The molecule has 0 bridgehead atoms. The molecule has 3 unspecified atom stereocenters. The summed E-state index contributed by atoms with van der Waals surface area (Å²) in [7, 11) is 0. The topological polar surface area (TPSA) is 105 Å². The molecule has 0 radical (unpaired) electrons. The minimum atomic E-state index is -1.04. The number of carbonyl (C=O) groups excluding carboxylic acids is 2. The maximum atomic E-state index is 12.5. The van der Waals surface area contributed by atoms with Crippen LogP contribution in [0.4, 0.5) is 4.79 Å². The average Bonchev–Trinajstić information content (AvgIpc) is 3.38. The quantitative estimate of drug-likeness (QED) is 0.614. The molecule has 3 atom stereocenters. The summed E-state index contributed by atoms with van der Waals surface area (Å²) in [5, 5.41) is 14.6. The highest BCUT2D eigenvalue weighted by Gasteiger charge is 2.33. The van der Waals surface area contributed by atoms with E-state index in [0.717, 1.165) is 11.1 Å². The van der Waals surface area contributed by atoms with Gasteiger partial charge in [0.15, 0.2) is 0 Å². The molecule has 7 heteroatoms. The summed E-state index contributed by atoms with van der Waals surface area (Å²) >= 11 is 0. The standard InChI is InChI=1S/C25H28N2O5/c1-2-22(24(29)30)27-23(28)15-11-12-16(13-15)26-25(31)32-14-21-19-9-5-3-7-17(19)18-8-4-6-10-20(18)21/h3-10,15-16,21-22H,2,11-14H2,1H3,(H,26,31)(H,27,28)(H,29,30). The van der Waals surface area contributed by atoms with Gasteiger partial charge in [0.1, 0.15) is 12.6 Å². The van der Waals surface area contributed by atoms with Crippen molar-refractivity contribution >= 4 is 18.0 Å². The molecule has 0 aromatic heterocycles. The number of ether oxygens (including phenoxy) is 1. The Morgan fingerprint density at radius 3 is 2.25 bits per heavy atom. The Morgan fingerprint density at radius 1 is 1.03 bits per heavy atom. The number of alkyl carbamates (subject to hydrolysis) is 1. The molecule has 0 spiro atoms. The number of carboxylic acid groups (broad SMARTS) is 1. The van der Waals surface area contributed by atoms with Gasteiger partial charge in [-0.05, 0) is 47.9 Å². The predicted molar refractivity (Wildman–Crippen MR) is 119 cm³/mol. The van der Waals surface area contributed by atoms with Crippen molar-refractivity contribution in [3.05, 3.63) is 59.7 Å². The number of nitrogens with one attached hydrogen (secondary N) is 2. The van der Waals surface area contributed by atoms with Crippen molar-refractivity contribution in [3.63, 3.8) is 0 Å². The van der Waals surface area contributed by atoms with Gasteiger partial charge < -0.3 is 20.5 Å². The average molecular weight is 437 g/mol. The van der Waals surface area contributed by atoms with Crippen molar-refractivity contribution in [2.45, 2.75) is 50.6 Å². The first-order valence-corrected chi connectivity index (χ1v) is 11.1. The van der Waals surface area contributed by atoms with E-state index >= 15 is 0 Å². The lowest BCUT2D eigenvalue weighted by Gasteiger charge is -2.18. The van der Waals surface area contributed by atoms with Crippen molar-refractivity contribution in [1.29, 1.82) is 0 Å². The van der Waals surface area contributed by atoms with Crippen LogP contribution in [0.15, 0.2) is 48.5 Å². The first-order chi connectivity index (χ1) is 15.5. The highest BCUT2D eigenvalue weighted by molar-refractivity contribution is 5.85. The fourth-order valence-electron chi connectivity index (χ4n) is 4.79. The summed E-state index contributed by atoms with van der Waals surface area (Å²) in [4.78, 5) is 36.0. The van der Waals surface area contributed by atoms with E-state index in [1.807, 2.05) is 24.3 Å². The van der Waals surface area contributed by atoms with Gasteiger partial charge in [-0.25, -0.2) is 9.59 Å². The van der Waals surface area contributed by atoms with Crippen LogP contribution >= 0.6 is 0 Å². The van der Waals surface area contributed by atoms with Gasteiger partial charge in [0.25, 0.3) is 0 Å². The maximum absolute atomic E-state index is 12.5. The van der Waals surface area contributed by atoms with E-state index in [1.165, 1.54) is 11.1 Å². The van der Waals surface area contributed by atoms with Gasteiger partial charge in [-0.1, -0.05) is 55.5 Å². The molecule has 0 aliphatic heterocycles. The van der Waals surface area contributed by atoms with E-state index in [4.69, 9.17) is 9.84 Å². The van der Waals surface area contributed by atoms with Gasteiger partial charge in [-0.2, -0.15) is 0 Å². The highest BCUT2D eigenvalue weighted by atomic mass is 16.5. The number of hydrogen-bond acceptors (Lipinski definition) is 4. The molecule has 2 amide bonds. The van der Waals surface area contributed by atoms with Crippen molar-refractivity contribution in [2.24, 2.45) is 5.92 Å². The summed E-state index contributed by atoms with van der Waals surface area (Å²) in [5.74, 6) is -1.61. The lowest BCUT2D eigenvalue weighted by Crippen LogP contribution is -2.43. The van der Waals surface area contributed by atoms with Crippen LogP contribution in [0.1, 0.15) is 49.7 Å². The normalized spacial score (nSPS) is 20.2. The molecular formula is C25H28N2O5. The first-order valence-electron chi connectivity index (χ1n) is 11.1. The fraction of sp³-hybridized carbons (Fsp3) is 0.400. The third-order valence-electron chi connectivity index (χ3n) is 6.49. The van der Waals surface area contributed by atoms with Gasteiger partial charge in [0, 0.05) is 17.9 Å². The van der Waals surface area contributed by atoms with Crippen LogP contribution in [0, 0.1) is 5.92 Å². The minimum absolute atomic E-state index is 0.00255. The second kappa shape index (κ2) is 9.42. The fourth-order valence-corrected chi connectivity index (χ4v) is 4.79. The van der Waals surface area contributed by atoms with Gasteiger partial charge >= 0.3 is 12.1 Å². The molecule has 0 heterocycles. The van der Waals surface area contributed by atoms with Gasteiger partial charge in [0.2, 0.25) is 5.91 Å². The molecule has 2 aliphatic carbocycles. The number of benzene rings is 2. The van der Waals surface area contributed by atoms with E-state index in [-0.39, 0.29) is 30.4 Å². The maximum Gasteiger partial charge on any atom is 0.407 e. The molecule has 32 heavy (non-hydrogen) atoms. The molecule has 4 rings (SSSR count). The van der Waals surface area contributed by atoms with Crippen molar-refractivity contribution in [3.8, 4) is 11.1 Å². The predicted octanol–water partition coefficient (Wildman–Crippen LogP) is 3.67. The third-order valence-corrected chi connectivity index (χ3v) is 6.49. The lowest BCUT2D eigenvalue weighted by molar-refractivity contribution is -0.142. The highest BCUT2D eigenvalue weighted by Crippen LogP contribution is 2.44. The SMILES string of the molecule is CCC(NC(=O)C1CCC(NC(=O)OCC2c3ccccc3-c3ccccc32)C1)C(=O)O. The lowest BCUT2D eigenvalue weighted by atomic mass is 9.98. The van der Waals surface area contributed by atoms with Crippen LogP contribution < -0.4 is 10.6 Å². The van der Waals surface area contributed by atoms with Crippen LogP contribution in [-0.4, -0.2) is 41.8 Å². The van der Waals surface area contributed by atoms with E-state index in [0.29, 0.717) is 25.7 Å². The number of hydrogen-bond donors (Lipinski definition) is 3. The Morgan fingerprint density at radius 2 is 1.66 bits per heavy atom. The smallest absolute Gasteiger partial charge is 0.407 e. The minimum Gasteiger partial charge on any atom is -0.480 e. The second-order valence-corrected chi connectivity index (χ2v) is 8.48. The van der Waals surface area contributed by atoms with Crippen LogP contribution in [0.3, 0.4) is 0 Å². The van der Waals surface area contributed by atoms with E-state index < -0.39 is 18.1 Å². The Kier molecular flexibility index (Phi) is 6.44. The second-order valence-electron chi connectivity index (χ2n) is 8.48. The Hall–Kier alpha value is -3.35. The van der Waals surface area contributed by atoms with Gasteiger partial charge in [-0.3, -0.25) is 4.79 Å². The van der Waals surface area contributed by atoms with Gasteiger partial charge in [-0.15, -0.1) is 0 Å². The molecule has 2 aromatic carbocycles. The Labute approximate surface area is 187 Å². The molecule has 1 fully saturated rings. The molecule has 2 aliphatic rings. The number of fused-ring (bicyclic) bond motifs is 3. The van der Waals surface area contributed by atoms with Gasteiger partial charge in [0.05, 0.1) is 0 Å². The first kappa shape index (κ1) is 21.9. The molecular weight excluding hydrogens is 408 g/mol. The number of carboxylic acids is 1. The third kappa shape index (κ3) is 4.47. The van der Waals surface area contributed by atoms with E-state index in [9.17, 15) is 14.4 Å². The molecule has 3 N–H and O–H groups in total. The summed E-state index contributed by atoms with van der Waals surface area (Å²) in [6.45, 7) is 1.96. The van der Waals surface area contributed by atoms with Crippen molar-refractivity contribution in [2.75, 3.05) is 6.61 Å². The molecule has 168 valence electrons. The summed E-state index contributed by atoms with van der Waals surface area (Å²) in [6, 6.07) is 15.3.